The lowest BCUT2D eigenvalue weighted by atomic mass is 10.1. The number of hydrogen-bond donors (Lipinski definition) is 2. The van der Waals surface area contributed by atoms with Gasteiger partial charge in [-0.15, -0.1) is 0 Å². The molecule has 0 bridgehead atoms. The van der Waals surface area contributed by atoms with Crippen molar-refractivity contribution in [3.05, 3.63) is 53.6 Å². The van der Waals surface area contributed by atoms with Crippen LogP contribution in [0.4, 0.5) is 8.78 Å². The van der Waals surface area contributed by atoms with Gasteiger partial charge in [0.15, 0.2) is 16.4 Å². The summed E-state index contributed by atoms with van der Waals surface area (Å²) in [6.45, 7) is -0.424. The van der Waals surface area contributed by atoms with E-state index in [1.165, 1.54) is 14.2 Å². The number of benzene rings is 2. The van der Waals surface area contributed by atoms with Crippen LogP contribution in [0.3, 0.4) is 0 Å². The molecule has 0 radical (unpaired) electrons. The van der Waals surface area contributed by atoms with Crippen molar-refractivity contribution in [2.45, 2.75) is 11.3 Å². The van der Waals surface area contributed by atoms with E-state index >= 15 is 0 Å². The molecule has 0 heterocycles. The normalized spacial score (nSPS) is 11.1. The number of carbonyl (C=O) groups is 1. The number of amides is 1. The van der Waals surface area contributed by atoms with E-state index in [-0.39, 0.29) is 6.54 Å². The van der Waals surface area contributed by atoms with Gasteiger partial charge in [0, 0.05) is 6.54 Å². The fourth-order valence-corrected chi connectivity index (χ4v) is 3.53. The van der Waals surface area contributed by atoms with Gasteiger partial charge >= 0.3 is 0 Å². The minimum Gasteiger partial charge on any atom is -0.493 e. The minimum absolute atomic E-state index is 0.226. The number of carbonyl (C=O) groups excluding carboxylic acids is 1. The van der Waals surface area contributed by atoms with E-state index < -0.39 is 39.0 Å². The molecule has 2 rings (SSSR count). The van der Waals surface area contributed by atoms with Gasteiger partial charge in [-0.1, -0.05) is 12.1 Å². The molecule has 0 aromatic heterocycles. The standard InChI is InChI=1S/C18H20F2N2O5S/c1-26-15-7-6-12(10-16(15)27-2)8-9-21-17(23)11-22-28(24,25)18-13(19)4-3-5-14(18)20/h3-7,10,22H,8-9,11H2,1-2H3,(H,21,23). The Morgan fingerprint density at radius 1 is 1.04 bits per heavy atom. The fraction of sp³-hybridized carbons (Fsp3) is 0.278. The predicted octanol–water partition coefficient (Wildman–Crippen LogP) is 1.62. The van der Waals surface area contributed by atoms with Crippen LogP contribution >= 0.6 is 0 Å². The number of halogens is 2. The fourth-order valence-electron chi connectivity index (χ4n) is 2.42. The third-order valence-corrected chi connectivity index (χ3v) is 5.25. The van der Waals surface area contributed by atoms with Crippen LogP contribution < -0.4 is 19.5 Å². The summed E-state index contributed by atoms with van der Waals surface area (Å²) in [4.78, 5) is 10.7. The van der Waals surface area contributed by atoms with E-state index in [1.54, 1.807) is 18.2 Å². The summed E-state index contributed by atoms with van der Waals surface area (Å²) in [6, 6.07) is 7.98. The highest BCUT2D eigenvalue weighted by Gasteiger charge is 2.24. The molecule has 28 heavy (non-hydrogen) atoms. The number of rotatable bonds is 9. The molecular formula is C18H20F2N2O5S. The molecule has 1 amide bonds. The first kappa shape index (κ1) is 21.6. The van der Waals surface area contributed by atoms with Crippen molar-refractivity contribution in [2.24, 2.45) is 0 Å². The van der Waals surface area contributed by atoms with Gasteiger partial charge in [-0.05, 0) is 36.2 Å². The van der Waals surface area contributed by atoms with E-state index in [0.29, 0.717) is 17.9 Å². The first-order valence-electron chi connectivity index (χ1n) is 8.19. The summed E-state index contributed by atoms with van der Waals surface area (Å²) >= 11 is 0. The van der Waals surface area contributed by atoms with Crippen LogP contribution in [-0.4, -0.2) is 41.6 Å². The van der Waals surface area contributed by atoms with Crippen molar-refractivity contribution in [3.8, 4) is 11.5 Å². The Kier molecular flexibility index (Phi) is 7.30. The molecule has 2 N–H and O–H groups in total. The third-order valence-electron chi connectivity index (χ3n) is 3.79. The largest absolute Gasteiger partial charge is 0.493 e. The van der Waals surface area contributed by atoms with Gasteiger partial charge in [0.1, 0.15) is 11.6 Å². The Hall–Kier alpha value is -2.72. The van der Waals surface area contributed by atoms with E-state index in [4.69, 9.17) is 9.47 Å². The number of ether oxygens (including phenoxy) is 2. The monoisotopic (exact) mass is 414 g/mol. The van der Waals surface area contributed by atoms with Crippen molar-refractivity contribution >= 4 is 15.9 Å². The number of sulfonamides is 1. The molecule has 0 unspecified atom stereocenters. The SMILES string of the molecule is COc1ccc(CCNC(=O)CNS(=O)(=O)c2c(F)cccc2F)cc1OC. The number of hydrogen-bond acceptors (Lipinski definition) is 5. The molecule has 2 aromatic rings. The number of nitrogens with one attached hydrogen (secondary N) is 2. The molecule has 0 fully saturated rings. The van der Waals surface area contributed by atoms with Gasteiger partial charge in [-0.3, -0.25) is 4.79 Å². The van der Waals surface area contributed by atoms with Gasteiger partial charge in [0.25, 0.3) is 0 Å². The highest BCUT2D eigenvalue weighted by Crippen LogP contribution is 2.27. The van der Waals surface area contributed by atoms with Crippen molar-refractivity contribution in [3.63, 3.8) is 0 Å². The van der Waals surface area contributed by atoms with Crippen LogP contribution in [0.1, 0.15) is 5.56 Å². The summed E-state index contributed by atoms with van der Waals surface area (Å²) in [7, 11) is -1.47. The van der Waals surface area contributed by atoms with Gasteiger partial charge in [-0.2, -0.15) is 0 Å². The van der Waals surface area contributed by atoms with E-state index in [0.717, 1.165) is 23.8 Å². The van der Waals surface area contributed by atoms with Gasteiger partial charge in [-0.25, -0.2) is 21.9 Å². The lowest BCUT2D eigenvalue weighted by Crippen LogP contribution is -2.38. The smallest absolute Gasteiger partial charge is 0.246 e. The van der Waals surface area contributed by atoms with Gasteiger partial charge < -0.3 is 14.8 Å². The summed E-state index contributed by atoms with van der Waals surface area (Å²) in [5.41, 5.74) is 0.868. The number of methoxy groups -OCH3 is 2. The average molecular weight is 414 g/mol. The molecule has 2 aromatic carbocycles. The van der Waals surface area contributed by atoms with Crippen LogP contribution in [-0.2, 0) is 21.2 Å². The Morgan fingerprint density at radius 2 is 1.68 bits per heavy atom. The summed E-state index contributed by atoms with van der Waals surface area (Å²) < 4.78 is 63.4. The molecule has 152 valence electrons. The Bertz CT molecular complexity index is 931. The third kappa shape index (κ3) is 5.40. The lowest BCUT2D eigenvalue weighted by molar-refractivity contribution is -0.119. The molecule has 0 spiro atoms. The maximum absolute atomic E-state index is 13.6. The highest BCUT2D eigenvalue weighted by molar-refractivity contribution is 7.89. The maximum atomic E-state index is 13.6. The van der Waals surface area contributed by atoms with Gasteiger partial charge in [0.05, 0.1) is 20.8 Å². The summed E-state index contributed by atoms with van der Waals surface area (Å²) in [5, 5.41) is 2.53. The quantitative estimate of drug-likeness (QED) is 0.650. The topological polar surface area (TPSA) is 93.7 Å². The Morgan fingerprint density at radius 3 is 2.29 bits per heavy atom. The molecule has 0 aliphatic carbocycles. The minimum atomic E-state index is -4.50. The van der Waals surface area contributed by atoms with Crippen molar-refractivity contribution in [2.75, 3.05) is 27.3 Å². The molecule has 0 aliphatic heterocycles. The van der Waals surface area contributed by atoms with E-state index in [2.05, 4.69) is 5.32 Å². The Balaban J connectivity index is 1.88. The highest BCUT2D eigenvalue weighted by atomic mass is 32.2. The molecule has 10 heteroatoms. The van der Waals surface area contributed by atoms with Crippen molar-refractivity contribution in [1.82, 2.24) is 10.0 Å². The predicted molar refractivity (Wildman–Crippen MR) is 97.8 cm³/mol. The first-order chi connectivity index (χ1) is 13.3. The van der Waals surface area contributed by atoms with Crippen LogP contribution in [0.2, 0.25) is 0 Å². The molecule has 0 saturated heterocycles. The second-order valence-corrected chi connectivity index (χ2v) is 7.37. The van der Waals surface area contributed by atoms with Crippen molar-refractivity contribution < 1.29 is 31.5 Å². The van der Waals surface area contributed by atoms with Gasteiger partial charge in [0.2, 0.25) is 15.9 Å². The van der Waals surface area contributed by atoms with Crippen molar-refractivity contribution in [1.29, 1.82) is 0 Å². The zero-order valence-corrected chi connectivity index (χ0v) is 16.1. The maximum Gasteiger partial charge on any atom is 0.246 e. The second-order valence-electron chi connectivity index (χ2n) is 5.66. The molecule has 7 nitrogen and oxygen atoms in total. The zero-order chi connectivity index (χ0) is 20.7. The first-order valence-corrected chi connectivity index (χ1v) is 9.68. The Labute approximate surface area is 161 Å². The summed E-state index contributed by atoms with van der Waals surface area (Å²) in [5.74, 6) is -1.99. The van der Waals surface area contributed by atoms with Crippen LogP contribution in [0.25, 0.3) is 0 Å². The van der Waals surface area contributed by atoms with Crippen LogP contribution in [0, 0.1) is 11.6 Å². The zero-order valence-electron chi connectivity index (χ0n) is 15.3. The summed E-state index contributed by atoms with van der Waals surface area (Å²) in [6.07, 6.45) is 0.459. The van der Waals surface area contributed by atoms with E-state index in [1.807, 2.05) is 4.72 Å². The second kappa shape index (κ2) is 9.47. The molecule has 0 saturated carbocycles. The van der Waals surface area contributed by atoms with Crippen LogP contribution in [0.15, 0.2) is 41.3 Å². The van der Waals surface area contributed by atoms with Crippen LogP contribution in [0.5, 0.6) is 11.5 Å². The average Bonchev–Trinajstić information content (AvgIpc) is 2.66. The molecule has 0 atom stereocenters. The molecule has 0 aliphatic rings. The molecular weight excluding hydrogens is 394 g/mol. The lowest BCUT2D eigenvalue weighted by Gasteiger charge is -2.11. The van der Waals surface area contributed by atoms with E-state index in [9.17, 15) is 22.0 Å².